The van der Waals surface area contributed by atoms with Gasteiger partial charge >= 0.3 is 0 Å². The van der Waals surface area contributed by atoms with Crippen molar-refractivity contribution < 1.29 is 4.74 Å². The second-order valence-electron chi connectivity index (χ2n) is 3.24. The lowest BCUT2D eigenvalue weighted by Gasteiger charge is -2.03. The molecule has 0 saturated heterocycles. The molecule has 0 spiro atoms. The number of halogens is 1. The van der Waals surface area contributed by atoms with E-state index in [0.29, 0.717) is 6.61 Å². The summed E-state index contributed by atoms with van der Waals surface area (Å²) in [6.45, 7) is 0.340. The van der Waals surface area contributed by atoms with Crippen molar-refractivity contribution in [2.75, 3.05) is 0 Å². The van der Waals surface area contributed by atoms with Gasteiger partial charge in [-0.1, -0.05) is 0 Å². The maximum absolute atomic E-state index is 6.81. The lowest BCUT2D eigenvalue weighted by Crippen LogP contribution is -1.93. The van der Waals surface area contributed by atoms with Crippen molar-refractivity contribution in [3.8, 4) is 11.3 Å². The Balaban J connectivity index is 2.29. The van der Waals surface area contributed by atoms with Crippen molar-refractivity contribution in [2.24, 2.45) is 0 Å². The van der Waals surface area contributed by atoms with E-state index in [4.69, 9.17) is 10.1 Å². The van der Waals surface area contributed by atoms with Gasteiger partial charge in [-0.2, -0.15) is 0 Å². The van der Waals surface area contributed by atoms with Gasteiger partial charge in [0.15, 0.2) is 6.40 Å². The average molecular weight is 340 g/mol. The van der Waals surface area contributed by atoms with E-state index in [2.05, 4.69) is 37.5 Å². The molecule has 6 heteroatoms. The fourth-order valence-electron chi connectivity index (χ4n) is 1.34. The summed E-state index contributed by atoms with van der Waals surface area (Å²) >= 11 is 2.14. The first-order valence-corrected chi connectivity index (χ1v) is 5.90. The first-order valence-electron chi connectivity index (χ1n) is 4.82. The Labute approximate surface area is 112 Å². The number of hydrogen-bond donors (Lipinski definition) is 1. The van der Waals surface area contributed by atoms with Gasteiger partial charge in [0, 0.05) is 23.5 Å². The van der Waals surface area contributed by atoms with Crippen LogP contribution in [0.5, 0.6) is 0 Å². The van der Waals surface area contributed by atoms with Crippen molar-refractivity contribution >= 4 is 29.0 Å². The average Bonchev–Trinajstić information content (AvgIpc) is 2.37. The fraction of sp³-hybridized carbons (Fsp3) is 0.0909. The monoisotopic (exact) mass is 340 g/mol. The quantitative estimate of drug-likeness (QED) is 0.401. The van der Waals surface area contributed by atoms with Crippen molar-refractivity contribution in [3.05, 3.63) is 40.1 Å². The molecule has 0 fully saturated rings. The molecule has 86 valence electrons. The molecule has 2 rings (SSSR count). The first kappa shape index (κ1) is 11.9. The Morgan fingerprint density at radius 1 is 1.29 bits per heavy atom. The summed E-state index contributed by atoms with van der Waals surface area (Å²) < 4.78 is 5.78. The van der Waals surface area contributed by atoms with E-state index in [-0.39, 0.29) is 0 Å². The molecule has 0 atom stereocenters. The molecule has 0 saturated carbocycles. The highest BCUT2D eigenvalue weighted by Gasteiger charge is 2.02. The molecule has 0 unspecified atom stereocenters. The number of nitrogens with one attached hydrogen (secondary N) is 1. The molecule has 0 aliphatic heterocycles. The summed E-state index contributed by atoms with van der Waals surface area (Å²) in [5.74, 6) is 0. The minimum absolute atomic E-state index is 0.340. The Kier molecular flexibility index (Phi) is 3.97. The minimum atomic E-state index is 0.340. The Morgan fingerprint density at radius 2 is 2.18 bits per heavy atom. The van der Waals surface area contributed by atoms with Crippen LogP contribution in [0.15, 0.2) is 30.9 Å². The number of ether oxygens (including phenoxy) is 1. The zero-order valence-electron chi connectivity index (χ0n) is 8.80. The van der Waals surface area contributed by atoms with E-state index < -0.39 is 0 Å². The summed E-state index contributed by atoms with van der Waals surface area (Å²) in [5.41, 5.74) is 2.64. The number of pyridine rings is 1. The van der Waals surface area contributed by atoms with E-state index in [1.165, 1.54) is 6.33 Å². The van der Waals surface area contributed by atoms with E-state index in [1.54, 1.807) is 12.4 Å². The van der Waals surface area contributed by atoms with Crippen molar-refractivity contribution in [3.63, 3.8) is 0 Å². The van der Waals surface area contributed by atoms with Crippen LogP contribution in [0, 0.1) is 9.11 Å². The van der Waals surface area contributed by atoms with E-state index in [1.807, 2.05) is 12.1 Å². The van der Waals surface area contributed by atoms with Crippen LogP contribution >= 0.6 is 22.6 Å². The molecule has 0 aliphatic rings. The third-order valence-electron chi connectivity index (χ3n) is 2.06. The van der Waals surface area contributed by atoms with Crippen LogP contribution in [-0.2, 0) is 11.3 Å². The smallest absolute Gasteiger partial charge is 0.167 e. The third-order valence-corrected chi connectivity index (χ3v) is 2.65. The normalized spacial score (nSPS) is 9.94. The van der Waals surface area contributed by atoms with Gasteiger partial charge in [0.1, 0.15) is 16.6 Å². The summed E-state index contributed by atoms with van der Waals surface area (Å²) in [6.07, 6.45) is 5.89. The fourth-order valence-corrected chi connectivity index (χ4v) is 1.76. The number of hydrogen-bond acceptors (Lipinski definition) is 5. The molecule has 2 aromatic rings. The highest BCUT2D eigenvalue weighted by molar-refractivity contribution is 14.1. The molecule has 1 N–H and O–H groups in total. The maximum atomic E-state index is 6.81. The molecule has 0 aromatic carbocycles. The van der Waals surface area contributed by atoms with E-state index in [0.717, 1.165) is 26.9 Å². The maximum Gasteiger partial charge on any atom is 0.167 e. The van der Waals surface area contributed by atoms with Gasteiger partial charge in [-0.15, -0.1) is 0 Å². The first-order chi connectivity index (χ1) is 8.29. The van der Waals surface area contributed by atoms with Gasteiger partial charge in [-0.05, 0) is 34.7 Å². The van der Waals surface area contributed by atoms with Crippen LogP contribution in [0.4, 0.5) is 0 Å². The predicted octanol–water partition coefficient (Wildman–Crippen LogP) is 2.27. The predicted molar refractivity (Wildman–Crippen MR) is 71.6 cm³/mol. The number of rotatable bonds is 4. The second-order valence-corrected chi connectivity index (χ2v) is 4.34. The lowest BCUT2D eigenvalue weighted by atomic mass is 10.1. The van der Waals surface area contributed by atoms with E-state index >= 15 is 0 Å². The summed E-state index contributed by atoms with van der Waals surface area (Å²) in [6, 6.07) is 3.83. The number of aromatic nitrogens is 3. The molecule has 0 amide bonds. The van der Waals surface area contributed by atoms with Crippen molar-refractivity contribution in [1.29, 1.82) is 5.41 Å². The van der Waals surface area contributed by atoms with Crippen molar-refractivity contribution in [1.82, 2.24) is 15.0 Å². The molecule has 0 aliphatic carbocycles. The molecule has 0 radical (unpaired) electrons. The zero-order valence-corrected chi connectivity index (χ0v) is 11.0. The Hall–Kier alpha value is -1.57. The second kappa shape index (κ2) is 5.67. The standard InChI is InChI=1S/C11H9IN4O/c12-11-2-10(15-7-16-11)9-1-8(3-14-4-9)5-17-6-13/h1-4,6-7,13H,5H2. The van der Waals surface area contributed by atoms with Crippen LogP contribution in [0.1, 0.15) is 5.56 Å². The van der Waals surface area contributed by atoms with Gasteiger partial charge in [0.25, 0.3) is 0 Å². The van der Waals surface area contributed by atoms with Gasteiger partial charge in [0.2, 0.25) is 0 Å². The molecule has 5 nitrogen and oxygen atoms in total. The molecular formula is C11H9IN4O. The largest absolute Gasteiger partial charge is 0.479 e. The van der Waals surface area contributed by atoms with Crippen molar-refractivity contribution in [2.45, 2.75) is 6.61 Å². The molecular weight excluding hydrogens is 331 g/mol. The SMILES string of the molecule is N=COCc1cncc(-c2cc(I)ncn2)c1. The van der Waals surface area contributed by atoms with Gasteiger partial charge in [0.05, 0.1) is 5.69 Å². The minimum Gasteiger partial charge on any atom is -0.479 e. The number of nitrogens with zero attached hydrogens (tertiary/aromatic N) is 3. The molecule has 2 heterocycles. The molecule has 17 heavy (non-hydrogen) atoms. The summed E-state index contributed by atoms with van der Waals surface area (Å²) in [5, 5.41) is 6.81. The Morgan fingerprint density at radius 3 is 2.94 bits per heavy atom. The highest BCUT2D eigenvalue weighted by Crippen LogP contribution is 2.18. The van der Waals surface area contributed by atoms with E-state index in [9.17, 15) is 0 Å². The zero-order chi connectivity index (χ0) is 12.1. The van der Waals surface area contributed by atoms with Gasteiger partial charge < -0.3 is 4.74 Å². The lowest BCUT2D eigenvalue weighted by molar-refractivity contribution is 0.305. The van der Waals surface area contributed by atoms with Crippen LogP contribution in [-0.4, -0.2) is 21.4 Å². The van der Waals surface area contributed by atoms with Crippen LogP contribution in [0.25, 0.3) is 11.3 Å². The third kappa shape index (κ3) is 3.19. The highest BCUT2D eigenvalue weighted by atomic mass is 127. The molecule has 2 aromatic heterocycles. The molecule has 0 bridgehead atoms. The summed E-state index contributed by atoms with van der Waals surface area (Å²) in [4.78, 5) is 12.4. The van der Waals surface area contributed by atoms with Gasteiger partial charge in [-0.3, -0.25) is 10.4 Å². The van der Waals surface area contributed by atoms with Crippen LogP contribution < -0.4 is 0 Å². The Bertz CT molecular complexity index is 532. The van der Waals surface area contributed by atoms with Crippen LogP contribution in [0.2, 0.25) is 0 Å². The summed E-state index contributed by atoms with van der Waals surface area (Å²) in [7, 11) is 0. The van der Waals surface area contributed by atoms with Gasteiger partial charge in [-0.25, -0.2) is 9.97 Å². The topological polar surface area (TPSA) is 71.8 Å². The van der Waals surface area contributed by atoms with Crippen LogP contribution in [0.3, 0.4) is 0 Å².